The first-order valence-corrected chi connectivity index (χ1v) is 12.4. The number of hydrogen-bond acceptors (Lipinski definition) is 4. The van der Waals surface area contributed by atoms with Crippen molar-refractivity contribution in [3.8, 4) is 0 Å². The zero-order chi connectivity index (χ0) is 24.4. The van der Waals surface area contributed by atoms with Gasteiger partial charge in [0.05, 0.1) is 25.2 Å². The highest BCUT2D eigenvalue weighted by atomic mass is 16.5. The van der Waals surface area contributed by atoms with E-state index < -0.39 is 0 Å². The largest absolute Gasteiger partial charge is 0.365 e. The minimum Gasteiger partial charge on any atom is -0.365 e. The van der Waals surface area contributed by atoms with E-state index in [-0.39, 0.29) is 23.8 Å². The van der Waals surface area contributed by atoms with Crippen molar-refractivity contribution in [2.45, 2.75) is 51.9 Å². The summed E-state index contributed by atoms with van der Waals surface area (Å²) in [6.07, 6.45) is 2.98. The number of likely N-dealkylation sites (tertiary alicyclic amines) is 1. The fourth-order valence-corrected chi connectivity index (χ4v) is 4.87. The first-order valence-electron chi connectivity index (χ1n) is 12.4. The lowest BCUT2D eigenvalue weighted by Gasteiger charge is -2.31. The predicted molar refractivity (Wildman–Crippen MR) is 134 cm³/mol. The fourth-order valence-electron chi connectivity index (χ4n) is 4.87. The molecular weight excluding hydrogens is 440 g/mol. The van der Waals surface area contributed by atoms with Crippen molar-refractivity contribution in [1.29, 1.82) is 0 Å². The third-order valence-electron chi connectivity index (χ3n) is 7.10. The monoisotopic (exact) mass is 472 g/mol. The standard InChI is InChI=1S/C28H32N4O3/c1-19(2)20-8-10-23(11-9-20)30-27(33)22-12-14-31(15-13-22)28(34)26-24-17-35-25(16-32(24)18-29-26)21-6-4-3-5-7-21/h3-11,18-19,22,25H,12-17H2,1-2H3,(H,30,33). The van der Waals surface area contributed by atoms with Crippen molar-refractivity contribution in [2.75, 3.05) is 18.4 Å². The summed E-state index contributed by atoms with van der Waals surface area (Å²) in [4.78, 5) is 32.3. The lowest BCUT2D eigenvalue weighted by molar-refractivity contribution is -0.121. The van der Waals surface area contributed by atoms with Gasteiger partial charge in [-0.3, -0.25) is 9.59 Å². The van der Waals surface area contributed by atoms with E-state index in [1.807, 2.05) is 39.8 Å². The molecule has 182 valence electrons. The Hall–Kier alpha value is -3.45. The van der Waals surface area contributed by atoms with E-state index in [2.05, 4.69) is 48.4 Å². The molecule has 0 spiro atoms. The van der Waals surface area contributed by atoms with E-state index in [0.29, 0.717) is 50.7 Å². The van der Waals surface area contributed by atoms with E-state index in [1.54, 1.807) is 6.33 Å². The van der Waals surface area contributed by atoms with Crippen molar-refractivity contribution < 1.29 is 14.3 Å². The quantitative estimate of drug-likeness (QED) is 0.580. The number of fused-ring (bicyclic) bond motifs is 1. The minimum absolute atomic E-state index is 0.0223. The molecule has 3 heterocycles. The highest BCUT2D eigenvalue weighted by molar-refractivity contribution is 5.95. The molecule has 0 radical (unpaired) electrons. The lowest BCUT2D eigenvalue weighted by Crippen LogP contribution is -2.42. The van der Waals surface area contributed by atoms with E-state index in [0.717, 1.165) is 16.9 Å². The third kappa shape index (κ3) is 5.00. The summed E-state index contributed by atoms with van der Waals surface area (Å²) >= 11 is 0. The number of rotatable bonds is 5. The SMILES string of the molecule is CC(C)c1ccc(NC(=O)C2CCN(C(=O)c3ncn4c3COC(c3ccccc3)C4)CC2)cc1. The van der Waals surface area contributed by atoms with Crippen LogP contribution in [-0.2, 0) is 22.7 Å². The van der Waals surface area contributed by atoms with Crippen molar-refractivity contribution >= 4 is 17.5 Å². The highest BCUT2D eigenvalue weighted by Gasteiger charge is 2.32. The topological polar surface area (TPSA) is 76.5 Å². The summed E-state index contributed by atoms with van der Waals surface area (Å²) in [6, 6.07) is 18.1. The fraction of sp³-hybridized carbons (Fsp3) is 0.393. The minimum atomic E-state index is -0.102. The summed E-state index contributed by atoms with van der Waals surface area (Å²) in [5.74, 6) is 0.298. The van der Waals surface area contributed by atoms with Gasteiger partial charge < -0.3 is 19.5 Å². The number of aromatic nitrogens is 2. The average molecular weight is 473 g/mol. The van der Waals surface area contributed by atoms with Crippen LogP contribution >= 0.6 is 0 Å². The van der Waals surface area contributed by atoms with Gasteiger partial charge in [0.1, 0.15) is 6.10 Å². The number of carbonyl (C=O) groups is 2. The van der Waals surface area contributed by atoms with Crippen LogP contribution in [0.15, 0.2) is 60.9 Å². The second-order valence-electron chi connectivity index (χ2n) is 9.73. The number of ether oxygens (including phenoxy) is 1. The van der Waals surface area contributed by atoms with E-state index in [1.165, 1.54) is 5.56 Å². The summed E-state index contributed by atoms with van der Waals surface area (Å²) in [5, 5.41) is 3.03. The predicted octanol–water partition coefficient (Wildman–Crippen LogP) is 4.77. The lowest BCUT2D eigenvalue weighted by atomic mass is 9.95. The van der Waals surface area contributed by atoms with Crippen LogP contribution in [0.1, 0.15) is 66.0 Å². The van der Waals surface area contributed by atoms with Gasteiger partial charge >= 0.3 is 0 Å². The van der Waals surface area contributed by atoms with Crippen LogP contribution < -0.4 is 5.32 Å². The van der Waals surface area contributed by atoms with Gasteiger partial charge in [-0.1, -0.05) is 56.3 Å². The molecule has 2 aliphatic heterocycles. The Morgan fingerprint density at radius 2 is 1.74 bits per heavy atom. The van der Waals surface area contributed by atoms with Crippen molar-refractivity contribution in [3.63, 3.8) is 0 Å². The zero-order valence-electron chi connectivity index (χ0n) is 20.3. The molecule has 0 saturated carbocycles. The Labute approximate surface area is 206 Å². The molecule has 1 atom stereocenters. The Balaban J connectivity index is 1.16. The van der Waals surface area contributed by atoms with Gasteiger partial charge in [0.2, 0.25) is 5.91 Å². The molecule has 1 saturated heterocycles. The van der Waals surface area contributed by atoms with Gasteiger partial charge in [0.15, 0.2) is 5.69 Å². The molecule has 2 amide bonds. The smallest absolute Gasteiger partial charge is 0.274 e. The van der Waals surface area contributed by atoms with Crippen LogP contribution in [0, 0.1) is 5.92 Å². The first kappa shape index (κ1) is 23.3. The molecule has 5 rings (SSSR count). The third-order valence-corrected chi connectivity index (χ3v) is 7.10. The number of piperidine rings is 1. The highest BCUT2D eigenvalue weighted by Crippen LogP contribution is 2.29. The number of imidazole rings is 1. The van der Waals surface area contributed by atoms with E-state index in [4.69, 9.17) is 4.74 Å². The second-order valence-corrected chi connectivity index (χ2v) is 9.73. The van der Waals surface area contributed by atoms with Gasteiger partial charge in [-0.15, -0.1) is 0 Å². The number of benzene rings is 2. The zero-order valence-corrected chi connectivity index (χ0v) is 20.3. The number of anilines is 1. The average Bonchev–Trinajstić information content (AvgIpc) is 3.32. The summed E-state index contributed by atoms with van der Waals surface area (Å²) in [6.45, 7) is 6.38. The number of carbonyl (C=O) groups excluding carboxylic acids is 2. The Morgan fingerprint density at radius 3 is 2.43 bits per heavy atom. The number of hydrogen-bond donors (Lipinski definition) is 1. The first-order chi connectivity index (χ1) is 17.0. The van der Waals surface area contributed by atoms with E-state index in [9.17, 15) is 9.59 Å². The van der Waals surface area contributed by atoms with Gasteiger partial charge in [0, 0.05) is 24.7 Å². The molecule has 1 aromatic heterocycles. The second kappa shape index (κ2) is 10.0. The molecule has 7 nitrogen and oxygen atoms in total. The molecule has 0 bridgehead atoms. The maximum absolute atomic E-state index is 13.2. The van der Waals surface area contributed by atoms with Crippen LogP contribution in [0.4, 0.5) is 5.69 Å². The number of nitrogens with zero attached hydrogens (tertiary/aromatic N) is 3. The Morgan fingerprint density at radius 1 is 1.03 bits per heavy atom. The maximum Gasteiger partial charge on any atom is 0.274 e. The Kier molecular flexibility index (Phi) is 6.68. The van der Waals surface area contributed by atoms with Crippen LogP contribution in [0.3, 0.4) is 0 Å². The molecule has 3 aromatic rings. The molecule has 1 N–H and O–H groups in total. The summed E-state index contributed by atoms with van der Waals surface area (Å²) < 4.78 is 8.09. The van der Waals surface area contributed by atoms with Gasteiger partial charge in [-0.25, -0.2) is 4.98 Å². The van der Waals surface area contributed by atoms with Gasteiger partial charge in [0.25, 0.3) is 5.91 Å². The number of amides is 2. The summed E-state index contributed by atoms with van der Waals surface area (Å²) in [5.41, 5.74) is 4.47. The number of nitrogens with one attached hydrogen (secondary N) is 1. The molecule has 2 aliphatic rings. The van der Waals surface area contributed by atoms with E-state index >= 15 is 0 Å². The van der Waals surface area contributed by atoms with Crippen LogP contribution in [-0.4, -0.2) is 39.4 Å². The van der Waals surface area contributed by atoms with Crippen molar-refractivity contribution in [1.82, 2.24) is 14.5 Å². The molecule has 0 aliphatic carbocycles. The molecule has 1 unspecified atom stereocenters. The van der Waals surface area contributed by atoms with Gasteiger partial charge in [-0.05, 0) is 42.0 Å². The van der Waals surface area contributed by atoms with Crippen molar-refractivity contribution in [2.24, 2.45) is 5.92 Å². The molecule has 2 aromatic carbocycles. The molecular formula is C28H32N4O3. The molecule has 35 heavy (non-hydrogen) atoms. The molecule has 7 heteroatoms. The summed E-state index contributed by atoms with van der Waals surface area (Å²) in [7, 11) is 0. The maximum atomic E-state index is 13.2. The Bertz CT molecular complexity index is 1180. The molecule has 1 fully saturated rings. The van der Waals surface area contributed by atoms with Crippen LogP contribution in [0.5, 0.6) is 0 Å². The van der Waals surface area contributed by atoms with Crippen molar-refractivity contribution in [3.05, 3.63) is 83.4 Å². The van der Waals surface area contributed by atoms with Crippen LogP contribution in [0.2, 0.25) is 0 Å². The normalized spacial score (nSPS) is 18.4. The van der Waals surface area contributed by atoms with Gasteiger partial charge in [-0.2, -0.15) is 0 Å². The van der Waals surface area contributed by atoms with Crippen LogP contribution in [0.25, 0.3) is 0 Å².